The Morgan fingerprint density at radius 3 is 2.71 bits per heavy atom. The zero-order valence-electron chi connectivity index (χ0n) is 18.1. The van der Waals surface area contributed by atoms with Gasteiger partial charge in [-0.1, -0.05) is 6.07 Å². The minimum Gasteiger partial charge on any atom is -0.490 e. The minimum atomic E-state index is 0.0535. The Morgan fingerprint density at radius 2 is 1.90 bits per heavy atom. The van der Waals surface area contributed by atoms with E-state index >= 15 is 0 Å². The maximum absolute atomic E-state index is 13.6. The molecule has 1 aromatic carbocycles. The molecule has 1 fully saturated rings. The predicted octanol–water partition coefficient (Wildman–Crippen LogP) is 4.88. The van der Waals surface area contributed by atoms with E-state index in [-0.39, 0.29) is 11.9 Å². The lowest BCUT2D eigenvalue weighted by Crippen LogP contribution is -2.31. The summed E-state index contributed by atoms with van der Waals surface area (Å²) in [6.45, 7) is 6.78. The molecule has 0 aliphatic carbocycles. The highest BCUT2D eigenvalue weighted by Crippen LogP contribution is 2.39. The molecule has 0 saturated carbocycles. The number of ether oxygens (including phenoxy) is 2. The van der Waals surface area contributed by atoms with Crippen molar-refractivity contribution in [3.8, 4) is 11.5 Å². The summed E-state index contributed by atoms with van der Waals surface area (Å²) >= 11 is 0. The van der Waals surface area contributed by atoms with E-state index in [1.165, 1.54) is 0 Å². The van der Waals surface area contributed by atoms with Crippen molar-refractivity contribution in [3.63, 3.8) is 0 Å². The standard InChI is InChI=1S/C25H28N2O4/c1-17-14-21(18(2)27(17)16-20-6-4-11-29-20)25(28)26-10-3-7-22(26)19-8-9-23-24(15-19)31-13-5-12-30-23/h4,6,8-9,11,14-15,22H,3,5,7,10,12-13,16H2,1-2H3. The van der Waals surface area contributed by atoms with E-state index in [9.17, 15) is 4.79 Å². The molecule has 0 N–H and O–H groups in total. The molecule has 2 aliphatic rings. The average molecular weight is 421 g/mol. The maximum Gasteiger partial charge on any atom is 0.256 e. The van der Waals surface area contributed by atoms with Gasteiger partial charge in [-0.15, -0.1) is 0 Å². The molecule has 1 saturated heterocycles. The molecule has 1 atom stereocenters. The monoisotopic (exact) mass is 420 g/mol. The van der Waals surface area contributed by atoms with Gasteiger partial charge < -0.3 is 23.4 Å². The molecule has 162 valence electrons. The molecule has 0 bridgehead atoms. The molecule has 2 aromatic heterocycles. The van der Waals surface area contributed by atoms with Gasteiger partial charge in [0.15, 0.2) is 11.5 Å². The van der Waals surface area contributed by atoms with Crippen LogP contribution in [0, 0.1) is 13.8 Å². The Hall–Kier alpha value is -3.15. The van der Waals surface area contributed by atoms with Gasteiger partial charge in [0.25, 0.3) is 5.91 Å². The summed E-state index contributed by atoms with van der Waals surface area (Å²) < 4.78 is 19.3. The molecule has 1 amide bonds. The third-order valence-electron chi connectivity index (χ3n) is 6.37. The van der Waals surface area contributed by atoms with E-state index in [4.69, 9.17) is 13.9 Å². The average Bonchev–Trinajstić information content (AvgIpc) is 3.48. The van der Waals surface area contributed by atoms with Crippen LogP contribution in [-0.4, -0.2) is 35.1 Å². The van der Waals surface area contributed by atoms with Crippen LogP contribution < -0.4 is 9.47 Å². The zero-order chi connectivity index (χ0) is 21.4. The van der Waals surface area contributed by atoms with Crippen LogP contribution in [0.4, 0.5) is 0 Å². The molecule has 0 spiro atoms. The normalized spacial score (nSPS) is 18.3. The van der Waals surface area contributed by atoms with Crippen LogP contribution in [0.2, 0.25) is 0 Å². The first kappa shape index (κ1) is 19.8. The van der Waals surface area contributed by atoms with Crippen LogP contribution in [0.15, 0.2) is 47.1 Å². The quantitative estimate of drug-likeness (QED) is 0.603. The fourth-order valence-electron chi connectivity index (χ4n) is 4.72. The smallest absolute Gasteiger partial charge is 0.256 e. The van der Waals surface area contributed by atoms with Crippen molar-refractivity contribution in [1.29, 1.82) is 0 Å². The van der Waals surface area contributed by atoms with E-state index in [1.807, 2.05) is 43.0 Å². The van der Waals surface area contributed by atoms with Gasteiger partial charge in [-0.05, 0) is 62.6 Å². The third kappa shape index (κ3) is 3.71. The summed E-state index contributed by atoms with van der Waals surface area (Å²) in [6.07, 6.45) is 4.51. The molecular weight excluding hydrogens is 392 g/mol. The van der Waals surface area contributed by atoms with Gasteiger partial charge in [0.2, 0.25) is 0 Å². The lowest BCUT2D eigenvalue weighted by atomic mass is 10.0. The van der Waals surface area contributed by atoms with Crippen LogP contribution in [0.25, 0.3) is 0 Å². The second kappa shape index (κ2) is 8.17. The van der Waals surface area contributed by atoms with Gasteiger partial charge in [-0.3, -0.25) is 4.79 Å². The number of amides is 1. The lowest BCUT2D eigenvalue weighted by molar-refractivity contribution is 0.0734. The maximum atomic E-state index is 13.6. The summed E-state index contributed by atoms with van der Waals surface area (Å²) in [4.78, 5) is 15.6. The molecule has 3 aromatic rings. The zero-order valence-corrected chi connectivity index (χ0v) is 18.1. The molecule has 6 nitrogen and oxygen atoms in total. The van der Waals surface area contributed by atoms with Crippen molar-refractivity contribution in [3.05, 3.63) is 70.9 Å². The first-order chi connectivity index (χ1) is 15.1. The second-order valence-corrected chi connectivity index (χ2v) is 8.36. The van der Waals surface area contributed by atoms with Crippen molar-refractivity contribution < 1.29 is 18.7 Å². The Labute approximate surface area is 182 Å². The van der Waals surface area contributed by atoms with Crippen LogP contribution in [0.3, 0.4) is 0 Å². The number of likely N-dealkylation sites (tertiary alicyclic amines) is 1. The van der Waals surface area contributed by atoms with Crippen molar-refractivity contribution in [2.75, 3.05) is 19.8 Å². The first-order valence-corrected chi connectivity index (χ1v) is 11.0. The fourth-order valence-corrected chi connectivity index (χ4v) is 4.72. The number of rotatable bonds is 4. The Bertz CT molecular complexity index is 1080. The topological polar surface area (TPSA) is 56.8 Å². The predicted molar refractivity (Wildman–Crippen MR) is 117 cm³/mol. The van der Waals surface area contributed by atoms with Crippen LogP contribution in [-0.2, 0) is 6.54 Å². The van der Waals surface area contributed by atoms with Gasteiger partial charge in [0.1, 0.15) is 5.76 Å². The number of nitrogens with zero attached hydrogens (tertiary/aromatic N) is 2. The molecule has 31 heavy (non-hydrogen) atoms. The van der Waals surface area contributed by atoms with E-state index in [0.29, 0.717) is 19.8 Å². The van der Waals surface area contributed by atoms with Gasteiger partial charge in [0.05, 0.1) is 37.6 Å². The molecular formula is C25H28N2O4. The molecule has 6 heteroatoms. The number of aryl methyl sites for hydroxylation is 1. The van der Waals surface area contributed by atoms with Crippen molar-refractivity contribution in [2.24, 2.45) is 0 Å². The largest absolute Gasteiger partial charge is 0.490 e. The molecule has 5 rings (SSSR count). The highest BCUT2D eigenvalue weighted by molar-refractivity contribution is 5.96. The van der Waals surface area contributed by atoms with E-state index in [0.717, 1.165) is 65.6 Å². The highest BCUT2D eigenvalue weighted by atomic mass is 16.5. The van der Waals surface area contributed by atoms with E-state index in [2.05, 4.69) is 16.7 Å². The second-order valence-electron chi connectivity index (χ2n) is 8.36. The molecule has 2 aliphatic heterocycles. The number of aromatic nitrogens is 1. The number of hydrogen-bond acceptors (Lipinski definition) is 4. The first-order valence-electron chi connectivity index (χ1n) is 11.0. The minimum absolute atomic E-state index is 0.0535. The number of hydrogen-bond donors (Lipinski definition) is 0. The van der Waals surface area contributed by atoms with Gasteiger partial charge >= 0.3 is 0 Å². The SMILES string of the molecule is Cc1cc(C(=O)N2CCCC2c2ccc3c(c2)OCCCO3)c(C)n1Cc1ccco1. The number of benzene rings is 1. The Kier molecular flexibility index (Phi) is 5.22. The summed E-state index contributed by atoms with van der Waals surface area (Å²) in [5.74, 6) is 2.55. The highest BCUT2D eigenvalue weighted by Gasteiger charge is 2.33. The van der Waals surface area contributed by atoms with Gasteiger partial charge in [0, 0.05) is 24.4 Å². The number of fused-ring (bicyclic) bond motifs is 1. The lowest BCUT2D eigenvalue weighted by Gasteiger charge is -2.26. The Balaban J connectivity index is 1.41. The molecule has 4 heterocycles. The summed E-state index contributed by atoms with van der Waals surface area (Å²) in [5, 5.41) is 0. The summed E-state index contributed by atoms with van der Waals surface area (Å²) in [7, 11) is 0. The van der Waals surface area contributed by atoms with Gasteiger partial charge in [-0.25, -0.2) is 0 Å². The number of carbonyl (C=O) groups is 1. The van der Waals surface area contributed by atoms with Crippen molar-refractivity contribution in [1.82, 2.24) is 9.47 Å². The fraction of sp³-hybridized carbons (Fsp3) is 0.400. The van der Waals surface area contributed by atoms with Crippen molar-refractivity contribution >= 4 is 5.91 Å². The summed E-state index contributed by atoms with van der Waals surface area (Å²) in [5.41, 5.74) is 3.91. The van der Waals surface area contributed by atoms with Crippen molar-refractivity contribution in [2.45, 2.75) is 45.7 Å². The number of carbonyl (C=O) groups excluding carboxylic acids is 1. The third-order valence-corrected chi connectivity index (χ3v) is 6.37. The number of furan rings is 1. The molecule has 1 unspecified atom stereocenters. The summed E-state index contributed by atoms with van der Waals surface area (Å²) in [6, 6.07) is 12.0. The van der Waals surface area contributed by atoms with E-state index < -0.39 is 0 Å². The van der Waals surface area contributed by atoms with Gasteiger partial charge in [-0.2, -0.15) is 0 Å². The van der Waals surface area contributed by atoms with E-state index in [1.54, 1.807) is 6.26 Å². The van der Waals surface area contributed by atoms with Crippen LogP contribution in [0.1, 0.15) is 58.4 Å². The van der Waals surface area contributed by atoms with Crippen LogP contribution in [0.5, 0.6) is 11.5 Å². The molecule has 0 radical (unpaired) electrons. The van der Waals surface area contributed by atoms with Crippen LogP contribution >= 0.6 is 0 Å². The Morgan fingerprint density at radius 1 is 1.06 bits per heavy atom.